The van der Waals surface area contributed by atoms with Crippen molar-refractivity contribution in [2.75, 3.05) is 18.4 Å². The molecule has 1 N–H and O–H groups in total. The van der Waals surface area contributed by atoms with E-state index in [4.69, 9.17) is 9.47 Å². The molecule has 124 valence electrons. The average Bonchev–Trinajstić information content (AvgIpc) is 2.54. The Morgan fingerprint density at radius 2 is 1.78 bits per heavy atom. The van der Waals surface area contributed by atoms with E-state index in [0.717, 1.165) is 12.0 Å². The summed E-state index contributed by atoms with van der Waals surface area (Å²) in [4.78, 5) is 0.117. The smallest absolute Gasteiger partial charge is 0.265 e. The van der Waals surface area contributed by atoms with Gasteiger partial charge in [-0.25, -0.2) is 8.42 Å². The molecule has 6 heteroatoms. The van der Waals surface area contributed by atoms with Crippen LogP contribution < -0.4 is 14.2 Å². The van der Waals surface area contributed by atoms with Crippen LogP contribution in [0.2, 0.25) is 0 Å². The van der Waals surface area contributed by atoms with Crippen LogP contribution in [0, 0.1) is 6.92 Å². The molecule has 0 bridgehead atoms. The number of methoxy groups -OCH3 is 1. The molecule has 23 heavy (non-hydrogen) atoms. The highest BCUT2D eigenvalue weighted by Crippen LogP contribution is 2.27. The van der Waals surface area contributed by atoms with Crippen molar-refractivity contribution in [2.45, 2.75) is 25.2 Å². The van der Waals surface area contributed by atoms with Crippen molar-refractivity contribution >= 4 is 15.7 Å². The molecule has 0 radical (unpaired) electrons. The van der Waals surface area contributed by atoms with E-state index in [2.05, 4.69) is 4.72 Å². The fraction of sp³-hybridized carbons (Fsp3) is 0.294. The lowest BCUT2D eigenvalue weighted by atomic mass is 10.2. The molecule has 0 aliphatic rings. The SMILES string of the molecule is CCCOc1ccc(NS(=O)(=O)c2cc(C)ccc2OC)cc1. The van der Waals surface area contributed by atoms with Crippen LogP contribution in [0.25, 0.3) is 0 Å². The fourth-order valence-corrected chi connectivity index (χ4v) is 3.36. The van der Waals surface area contributed by atoms with Gasteiger partial charge in [0.1, 0.15) is 16.4 Å². The number of hydrogen-bond donors (Lipinski definition) is 1. The second kappa shape index (κ2) is 7.37. The van der Waals surface area contributed by atoms with Crippen molar-refractivity contribution in [3.8, 4) is 11.5 Å². The summed E-state index contributed by atoms with van der Waals surface area (Å²) in [7, 11) is -2.28. The van der Waals surface area contributed by atoms with Gasteiger partial charge < -0.3 is 9.47 Å². The van der Waals surface area contributed by atoms with E-state index in [1.165, 1.54) is 7.11 Å². The Hall–Kier alpha value is -2.21. The lowest BCUT2D eigenvalue weighted by molar-refractivity contribution is 0.317. The van der Waals surface area contributed by atoms with Gasteiger partial charge in [0.05, 0.1) is 13.7 Å². The van der Waals surface area contributed by atoms with Crippen LogP contribution in [-0.2, 0) is 10.0 Å². The number of benzene rings is 2. The molecule has 0 saturated carbocycles. The third-order valence-corrected chi connectivity index (χ3v) is 4.59. The molecule has 0 atom stereocenters. The summed E-state index contributed by atoms with van der Waals surface area (Å²) in [6.07, 6.45) is 0.918. The van der Waals surface area contributed by atoms with E-state index >= 15 is 0 Å². The lowest BCUT2D eigenvalue weighted by Crippen LogP contribution is -2.14. The van der Waals surface area contributed by atoms with Gasteiger partial charge in [-0.05, 0) is 55.3 Å². The monoisotopic (exact) mass is 335 g/mol. The first kappa shape index (κ1) is 17.1. The Morgan fingerprint density at radius 3 is 2.39 bits per heavy atom. The standard InChI is InChI=1S/C17H21NO4S/c1-4-11-22-15-8-6-14(7-9-15)18-23(19,20)17-12-13(2)5-10-16(17)21-3/h5-10,12,18H,4,11H2,1-3H3. The third-order valence-electron chi connectivity index (χ3n) is 3.19. The molecule has 0 fully saturated rings. The van der Waals surface area contributed by atoms with Crippen molar-refractivity contribution in [3.63, 3.8) is 0 Å². The van der Waals surface area contributed by atoms with E-state index in [1.807, 2.05) is 13.8 Å². The summed E-state index contributed by atoms with van der Waals surface area (Å²) in [5.41, 5.74) is 1.31. The van der Waals surface area contributed by atoms with Crippen molar-refractivity contribution in [3.05, 3.63) is 48.0 Å². The third kappa shape index (κ3) is 4.39. The van der Waals surface area contributed by atoms with Gasteiger partial charge in [-0.1, -0.05) is 13.0 Å². The molecule has 2 rings (SSSR count). The maximum Gasteiger partial charge on any atom is 0.265 e. The van der Waals surface area contributed by atoms with Crippen LogP contribution in [0.4, 0.5) is 5.69 Å². The first-order valence-electron chi connectivity index (χ1n) is 7.36. The Balaban J connectivity index is 2.23. The van der Waals surface area contributed by atoms with E-state index in [-0.39, 0.29) is 4.90 Å². The fourth-order valence-electron chi connectivity index (χ4n) is 2.04. The highest BCUT2D eigenvalue weighted by Gasteiger charge is 2.19. The largest absolute Gasteiger partial charge is 0.495 e. The molecule has 5 nitrogen and oxygen atoms in total. The Morgan fingerprint density at radius 1 is 1.09 bits per heavy atom. The van der Waals surface area contributed by atoms with E-state index in [0.29, 0.717) is 23.8 Å². The second-order valence-electron chi connectivity index (χ2n) is 5.13. The van der Waals surface area contributed by atoms with Gasteiger partial charge in [-0.15, -0.1) is 0 Å². The molecule has 2 aromatic rings. The van der Waals surface area contributed by atoms with Gasteiger partial charge in [0.15, 0.2) is 0 Å². The predicted octanol–water partition coefficient (Wildman–Crippen LogP) is 3.59. The molecule has 0 amide bonds. The summed E-state index contributed by atoms with van der Waals surface area (Å²) in [6.45, 7) is 4.49. The number of hydrogen-bond acceptors (Lipinski definition) is 4. The van der Waals surface area contributed by atoms with Gasteiger partial charge in [0.25, 0.3) is 10.0 Å². The van der Waals surface area contributed by atoms with E-state index in [9.17, 15) is 8.42 Å². The summed E-state index contributed by atoms with van der Waals surface area (Å²) in [5, 5.41) is 0. The maximum absolute atomic E-state index is 12.6. The Bertz CT molecular complexity index is 755. The number of nitrogens with one attached hydrogen (secondary N) is 1. The Kier molecular flexibility index (Phi) is 5.50. The number of aryl methyl sites for hydroxylation is 1. The molecule has 0 aliphatic heterocycles. The van der Waals surface area contributed by atoms with Crippen molar-refractivity contribution < 1.29 is 17.9 Å². The predicted molar refractivity (Wildman–Crippen MR) is 90.8 cm³/mol. The highest BCUT2D eigenvalue weighted by molar-refractivity contribution is 7.92. The number of rotatable bonds is 7. The van der Waals surface area contributed by atoms with Crippen LogP contribution in [0.15, 0.2) is 47.4 Å². The minimum absolute atomic E-state index is 0.117. The normalized spacial score (nSPS) is 11.1. The molecule has 2 aromatic carbocycles. The first-order valence-corrected chi connectivity index (χ1v) is 8.85. The minimum atomic E-state index is -3.72. The molecule has 0 unspecified atom stereocenters. The van der Waals surface area contributed by atoms with Gasteiger partial charge in [-0.3, -0.25) is 4.72 Å². The maximum atomic E-state index is 12.6. The second-order valence-corrected chi connectivity index (χ2v) is 6.78. The molecular weight excluding hydrogens is 314 g/mol. The van der Waals surface area contributed by atoms with Crippen molar-refractivity contribution in [1.29, 1.82) is 0 Å². The zero-order chi connectivity index (χ0) is 16.9. The quantitative estimate of drug-likeness (QED) is 0.840. The molecule has 0 aliphatic carbocycles. The number of ether oxygens (including phenoxy) is 2. The first-order chi connectivity index (χ1) is 11.0. The van der Waals surface area contributed by atoms with Crippen LogP contribution >= 0.6 is 0 Å². The van der Waals surface area contributed by atoms with Crippen LogP contribution in [-0.4, -0.2) is 22.1 Å². The summed E-state index contributed by atoms with van der Waals surface area (Å²) in [5.74, 6) is 1.02. The van der Waals surface area contributed by atoms with Crippen molar-refractivity contribution in [2.24, 2.45) is 0 Å². The van der Waals surface area contributed by atoms with Gasteiger partial charge in [-0.2, -0.15) is 0 Å². The molecule has 0 saturated heterocycles. The molecule has 0 aromatic heterocycles. The van der Waals surface area contributed by atoms with Crippen molar-refractivity contribution in [1.82, 2.24) is 0 Å². The zero-order valence-electron chi connectivity index (χ0n) is 13.5. The van der Waals surface area contributed by atoms with Gasteiger partial charge >= 0.3 is 0 Å². The summed E-state index contributed by atoms with van der Waals surface area (Å²) >= 11 is 0. The Labute approximate surface area is 137 Å². The molecular formula is C17H21NO4S. The topological polar surface area (TPSA) is 64.6 Å². The van der Waals surface area contributed by atoms with E-state index < -0.39 is 10.0 Å². The highest BCUT2D eigenvalue weighted by atomic mass is 32.2. The number of sulfonamides is 1. The van der Waals surface area contributed by atoms with Crippen LogP contribution in [0.5, 0.6) is 11.5 Å². The van der Waals surface area contributed by atoms with E-state index in [1.54, 1.807) is 42.5 Å². The van der Waals surface area contributed by atoms with Crippen LogP contribution in [0.1, 0.15) is 18.9 Å². The molecule has 0 heterocycles. The average molecular weight is 335 g/mol. The molecule has 0 spiro atoms. The summed E-state index contributed by atoms with van der Waals surface area (Å²) < 4.78 is 38.3. The number of anilines is 1. The lowest BCUT2D eigenvalue weighted by Gasteiger charge is -2.13. The van der Waals surface area contributed by atoms with Crippen LogP contribution in [0.3, 0.4) is 0 Å². The minimum Gasteiger partial charge on any atom is -0.495 e. The summed E-state index contributed by atoms with van der Waals surface area (Å²) in [6, 6.07) is 11.8. The van der Waals surface area contributed by atoms with Gasteiger partial charge in [0, 0.05) is 5.69 Å². The van der Waals surface area contributed by atoms with Gasteiger partial charge in [0.2, 0.25) is 0 Å². The zero-order valence-corrected chi connectivity index (χ0v) is 14.3.